The Morgan fingerprint density at radius 2 is 1.05 bits per heavy atom. The first-order valence-corrected chi connectivity index (χ1v) is 6.55. The summed E-state index contributed by atoms with van der Waals surface area (Å²) in [7, 11) is 0. The van der Waals surface area contributed by atoms with Gasteiger partial charge in [0.15, 0.2) is 0 Å². The van der Waals surface area contributed by atoms with Crippen molar-refractivity contribution in [3.05, 3.63) is 22.3 Å². The van der Waals surface area contributed by atoms with Gasteiger partial charge in [-0.3, -0.25) is 0 Å². The van der Waals surface area contributed by atoms with Crippen LogP contribution in [0, 0.1) is 0 Å². The molecule has 19 heavy (non-hydrogen) atoms. The number of hydrogen-bond acceptors (Lipinski definition) is 4. The van der Waals surface area contributed by atoms with Crippen LogP contribution in [0.15, 0.2) is 22.3 Å². The summed E-state index contributed by atoms with van der Waals surface area (Å²) in [6, 6.07) is 0. The van der Waals surface area contributed by atoms with Crippen molar-refractivity contribution in [2.24, 2.45) is 0 Å². The predicted molar refractivity (Wildman–Crippen MR) is 66.5 cm³/mol. The Labute approximate surface area is 125 Å². The maximum atomic E-state index is 8.89. The number of allylic oxidation sites excluding steroid dienone is 4. The monoisotopic (exact) mass is 356 g/mol. The third-order valence-corrected chi connectivity index (χ3v) is 4.29. The van der Waals surface area contributed by atoms with Gasteiger partial charge in [0, 0.05) is 11.9 Å². The van der Waals surface area contributed by atoms with E-state index in [1.807, 2.05) is 0 Å². The summed E-state index contributed by atoms with van der Waals surface area (Å²) in [6.45, 7) is 13.0. The number of carboxylic acids is 2. The van der Waals surface area contributed by atoms with Gasteiger partial charge in [0.2, 0.25) is 0 Å². The van der Waals surface area contributed by atoms with E-state index in [4.69, 9.17) is 19.8 Å². The molecule has 0 unspecified atom stereocenters. The minimum absolute atomic E-state index is 0.204. The SMILES string of the molecule is CC(=O)[O-].CC(=O)[O-].CC1=C(C)[C](C)([Rh+2])C(C)=C1C. The summed E-state index contributed by atoms with van der Waals surface area (Å²) in [5, 5.41) is 17.8. The third-order valence-electron chi connectivity index (χ3n) is 3.06. The zero-order chi connectivity index (χ0) is 16.0. The molecule has 0 saturated heterocycles. The Morgan fingerprint density at radius 3 is 1.11 bits per heavy atom. The van der Waals surface area contributed by atoms with Gasteiger partial charge >= 0.3 is 79.2 Å². The Kier molecular flexibility index (Phi) is 8.85. The summed E-state index contributed by atoms with van der Waals surface area (Å²) in [5.41, 5.74) is 5.90. The Balaban J connectivity index is 0. The summed E-state index contributed by atoms with van der Waals surface area (Å²) in [5.74, 6) is -2.17. The number of aliphatic carboxylic acids is 2. The van der Waals surface area contributed by atoms with E-state index in [-0.39, 0.29) is 4.01 Å². The molecule has 0 fully saturated rings. The topological polar surface area (TPSA) is 80.3 Å². The van der Waals surface area contributed by atoms with Crippen molar-refractivity contribution in [1.29, 1.82) is 0 Å². The van der Waals surface area contributed by atoms with Gasteiger partial charge in [-0.25, -0.2) is 0 Å². The molecular weight excluding hydrogens is 335 g/mol. The second-order valence-corrected chi connectivity index (χ2v) is 6.08. The van der Waals surface area contributed by atoms with E-state index in [9.17, 15) is 0 Å². The van der Waals surface area contributed by atoms with Crippen LogP contribution in [0.5, 0.6) is 0 Å². The fourth-order valence-electron chi connectivity index (χ4n) is 1.53. The molecule has 5 heteroatoms. The molecule has 0 heterocycles. The molecule has 0 amide bonds. The zero-order valence-corrected chi connectivity index (χ0v) is 14.1. The van der Waals surface area contributed by atoms with Crippen molar-refractivity contribution in [3.8, 4) is 0 Å². The molecule has 0 radical (unpaired) electrons. The zero-order valence-electron chi connectivity index (χ0n) is 12.5. The second kappa shape index (κ2) is 8.26. The van der Waals surface area contributed by atoms with Crippen LogP contribution < -0.4 is 10.2 Å². The molecule has 0 aliphatic heterocycles. The molecule has 110 valence electrons. The van der Waals surface area contributed by atoms with Gasteiger partial charge in [-0.05, 0) is 13.8 Å². The summed E-state index contributed by atoms with van der Waals surface area (Å²) in [6.07, 6.45) is 0. The average molecular weight is 356 g/mol. The Bertz CT molecular complexity index is 371. The van der Waals surface area contributed by atoms with E-state index in [1.165, 1.54) is 22.3 Å². The number of hydrogen-bond donors (Lipinski definition) is 0. The third kappa shape index (κ3) is 7.26. The first-order valence-electron chi connectivity index (χ1n) is 5.73. The standard InChI is InChI=1S/C10H15.2C2H4O2.Rh/c1-6-7(2)9(4)10(5)8(6)3;2*1-2(3)4;/h1-5H3;2*1H3,(H,3,4);/q;;;+2/p-2. The van der Waals surface area contributed by atoms with E-state index in [2.05, 4.69) is 52.9 Å². The van der Waals surface area contributed by atoms with Crippen LogP contribution >= 0.6 is 0 Å². The van der Waals surface area contributed by atoms with Gasteiger partial charge in [0.1, 0.15) is 0 Å². The van der Waals surface area contributed by atoms with Gasteiger partial charge in [-0.1, -0.05) is 0 Å². The van der Waals surface area contributed by atoms with E-state index >= 15 is 0 Å². The molecule has 0 bridgehead atoms. The molecule has 0 N–H and O–H groups in total. The van der Waals surface area contributed by atoms with Crippen molar-refractivity contribution < 1.29 is 38.1 Å². The van der Waals surface area contributed by atoms with Crippen molar-refractivity contribution in [2.75, 3.05) is 0 Å². The molecule has 0 aromatic carbocycles. The number of carbonyl (C=O) groups is 2. The van der Waals surface area contributed by atoms with Crippen molar-refractivity contribution >= 4 is 11.9 Å². The van der Waals surface area contributed by atoms with Gasteiger partial charge in [-0.15, -0.1) is 0 Å². The fraction of sp³-hybridized carbons (Fsp3) is 0.571. The average Bonchev–Trinajstić information content (AvgIpc) is 2.33. The maximum absolute atomic E-state index is 8.89. The van der Waals surface area contributed by atoms with Crippen LogP contribution in [0.25, 0.3) is 0 Å². The summed E-state index contributed by atoms with van der Waals surface area (Å²) < 4.78 is 0.204. The summed E-state index contributed by atoms with van der Waals surface area (Å²) >= 11 is 3.15. The van der Waals surface area contributed by atoms with Crippen LogP contribution in [-0.2, 0) is 27.9 Å². The molecule has 0 spiro atoms. The summed E-state index contributed by atoms with van der Waals surface area (Å²) in [4.78, 5) is 17.8. The molecule has 0 atom stereocenters. The molecule has 1 aliphatic rings. The molecular formula is C14H21O4Rh. The van der Waals surface area contributed by atoms with E-state index < -0.39 is 11.9 Å². The van der Waals surface area contributed by atoms with E-state index in [0.717, 1.165) is 13.8 Å². The molecule has 1 rings (SSSR count). The van der Waals surface area contributed by atoms with E-state index in [0.29, 0.717) is 0 Å². The number of rotatable bonds is 0. The van der Waals surface area contributed by atoms with Crippen LogP contribution in [0.4, 0.5) is 0 Å². The Morgan fingerprint density at radius 1 is 0.895 bits per heavy atom. The van der Waals surface area contributed by atoms with Crippen molar-refractivity contribution in [2.45, 2.75) is 52.5 Å². The van der Waals surface area contributed by atoms with Gasteiger partial charge in [0.05, 0.1) is 0 Å². The predicted octanol–water partition coefficient (Wildman–Crippen LogP) is 0.911. The van der Waals surface area contributed by atoms with Crippen LogP contribution in [0.1, 0.15) is 48.5 Å². The number of carboxylic acid groups (broad SMARTS) is 2. The normalized spacial score (nSPS) is 16.2. The van der Waals surface area contributed by atoms with Gasteiger partial charge in [0.25, 0.3) is 0 Å². The molecule has 0 aromatic heterocycles. The van der Waals surface area contributed by atoms with Gasteiger partial charge in [-0.2, -0.15) is 0 Å². The molecule has 4 nitrogen and oxygen atoms in total. The number of carbonyl (C=O) groups excluding carboxylic acids is 2. The minimum atomic E-state index is -1.08. The quantitative estimate of drug-likeness (QED) is 0.605. The first kappa shape index (κ1) is 20.4. The second-order valence-electron chi connectivity index (χ2n) is 4.44. The van der Waals surface area contributed by atoms with Crippen molar-refractivity contribution in [3.63, 3.8) is 0 Å². The molecule has 0 saturated carbocycles. The molecule has 0 aromatic rings. The van der Waals surface area contributed by atoms with Crippen LogP contribution in [-0.4, -0.2) is 11.9 Å². The Hall–Kier alpha value is -0.957. The first-order chi connectivity index (χ1) is 8.35. The van der Waals surface area contributed by atoms with E-state index in [1.54, 1.807) is 0 Å². The fourth-order valence-corrected chi connectivity index (χ4v) is 2.15. The van der Waals surface area contributed by atoms with Gasteiger partial charge < -0.3 is 19.8 Å². The van der Waals surface area contributed by atoms with Crippen LogP contribution in [0.3, 0.4) is 0 Å². The van der Waals surface area contributed by atoms with Crippen molar-refractivity contribution in [1.82, 2.24) is 0 Å². The van der Waals surface area contributed by atoms with Crippen LogP contribution in [0.2, 0.25) is 4.01 Å². The molecule has 1 aliphatic carbocycles.